The van der Waals surface area contributed by atoms with Crippen molar-refractivity contribution >= 4 is 0 Å². The van der Waals surface area contributed by atoms with Crippen molar-refractivity contribution in [1.82, 2.24) is 20.2 Å². The lowest BCUT2D eigenvalue weighted by Crippen LogP contribution is -2.49. The van der Waals surface area contributed by atoms with Crippen LogP contribution in [0.5, 0.6) is 0 Å². The van der Waals surface area contributed by atoms with E-state index in [1.165, 1.54) is 38.5 Å². The van der Waals surface area contributed by atoms with E-state index in [1.807, 2.05) is 11.6 Å². The maximum absolute atomic E-state index is 6.02. The molecule has 0 saturated heterocycles. The van der Waals surface area contributed by atoms with E-state index in [2.05, 4.69) is 22.4 Å². The number of nitrogens with two attached hydrogens (primary N) is 1. The SMILES string of the molecule is CC(N)c1nnnn1C(C)C12CC3CC(CC(C3)C1)C2. The summed E-state index contributed by atoms with van der Waals surface area (Å²) in [5.41, 5.74) is 6.45. The molecule has 2 atom stereocenters. The molecule has 0 radical (unpaired) electrons. The zero-order valence-electron chi connectivity index (χ0n) is 12.5. The molecule has 20 heavy (non-hydrogen) atoms. The molecule has 1 aromatic rings. The Balaban J connectivity index is 1.68. The average molecular weight is 275 g/mol. The van der Waals surface area contributed by atoms with E-state index in [9.17, 15) is 0 Å². The molecule has 0 amide bonds. The van der Waals surface area contributed by atoms with Crippen molar-refractivity contribution in [2.75, 3.05) is 0 Å². The average Bonchev–Trinajstić information content (AvgIpc) is 2.85. The van der Waals surface area contributed by atoms with E-state index >= 15 is 0 Å². The highest BCUT2D eigenvalue weighted by Gasteiger charge is 2.54. The van der Waals surface area contributed by atoms with Crippen molar-refractivity contribution in [1.29, 1.82) is 0 Å². The van der Waals surface area contributed by atoms with Gasteiger partial charge >= 0.3 is 0 Å². The summed E-state index contributed by atoms with van der Waals surface area (Å²) in [4.78, 5) is 0. The summed E-state index contributed by atoms with van der Waals surface area (Å²) in [5.74, 6) is 3.71. The van der Waals surface area contributed by atoms with Crippen LogP contribution in [0.25, 0.3) is 0 Å². The fourth-order valence-electron chi connectivity index (χ4n) is 5.72. The lowest BCUT2D eigenvalue weighted by Gasteiger charge is -2.58. The molecule has 4 saturated carbocycles. The van der Waals surface area contributed by atoms with Gasteiger partial charge in [-0.25, -0.2) is 4.68 Å². The first kappa shape index (κ1) is 12.7. The van der Waals surface area contributed by atoms with E-state index in [0.717, 1.165) is 23.6 Å². The van der Waals surface area contributed by atoms with Crippen LogP contribution in [0.2, 0.25) is 0 Å². The second-order valence-corrected chi connectivity index (χ2v) is 7.73. The van der Waals surface area contributed by atoms with Crippen molar-refractivity contribution in [2.45, 2.75) is 64.5 Å². The van der Waals surface area contributed by atoms with Gasteiger partial charge in [0.1, 0.15) is 0 Å². The minimum atomic E-state index is -0.0960. The number of hydrogen-bond acceptors (Lipinski definition) is 4. The minimum Gasteiger partial charge on any atom is -0.322 e. The summed E-state index contributed by atoms with van der Waals surface area (Å²) in [7, 11) is 0. The van der Waals surface area contributed by atoms with Crippen LogP contribution in [-0.4, -0.2) is 20.2 Å². The second kappa shape index (κ2) is 4.26. The Morgan fingerprint density at radius 1 is 1.10 bits per heavy atom. The van der Waals surface area contributed by atoms with Crippen LogP contribution < -0.4 is 5.73 Å². The van der Waals surface area contributed by atoms with E-state index < -0.39 is 0 Å². The lowest BCUT2D eigenvalue weighted by atomic mass is 9.48. The summed E-state index contributed by atoms with van der Waals surface area (Å²) in [6.45, 7) is 4.28. The van der Waals surface area contributed by atoms with E-state index in [0.29, 0.717) is 11.5 Å². The van der Waals surface area contributed by atoms with Gasteiger partial charge in [-0.15, -0.1) is 5.10 Å². The van der Waals surface area contributed by atoms with Gasteiger partial charge in [-0.2, -0.15) is 0 Å². The largest absolute Gasteiger partial charge is 0.322 e. The van der Waals surface area contributed by atoms with Gasteiger partial charge in [0.2, 0.25) is 0 Å². The first-order chi connectivity index (χ1) is 9.57. The summed E-state index contributed by atoms with van der Waals surface area (Å²) in [6, 6.07) is 0.285. The third kappa shape index (κ3) is 1.75. The van der Waals surface area contributed by atoms with Crippen LogP contribution in [0.15, 0.2) is 0 Å². The summed E-state index contributed by atoms with van der Waals surface area (Å²) in [5, 5.41) is 12.3. The third-order valence-electron chi connectivity index (χ3n) is 6.26. The van der Waals surface area contributed by atoms with Crippen LogP contribution in [0, 0.1) is 23.2 Å². The molecule has 0 aliphatic heterocycles. The molecule has 0 spiro atoms. The van der Waals surface area contributed by atoms with E-state index in [1.54, 1.807) is 0 Å². The van der Waals surface area contributed by atoms with E-state index in [4.69, 9.17) is 5.73 Å². The third-order valence-corrected chi connectivity index (χ3v) is 6.26. The molecule has 4 aliphatic carbocycles. The number of nitrogens with zero attached hydrogens (tertiary/aromatic N) is 4. The van der Waals surface area contributed by atoms with Crippen molar-refractivity contribution in [3.63, 3.8) is 0 Å². The molecule has 110 valence electrons. The monoisotopic (exact) mass is 275 g/mol. The molecule has 5 heteroatoms. The van der Waals surface area contributed by atoms with Crippen molar-refractivity contribution in [3.8, 4) is 0 Å². The molecule has 4 bridgehead atoms. The first-order valence-corrected chi connectivity index (χ1v) is 8.11. The lowest BCUT2D eigenvalue weighted by molar-refractivity contribution is -0.0819. The number of tetrazole rings is 1. The zero-order valence-corrected chi connectivity index (χ0v) is 12.5. The number of hydrogen-bond donors (Lipinski definition) is 1. The highest BCUT2D eigenvalue weighted by Crippen LogP contribution is 2.63. The molecule has 4 fully saturated rings. The Kier molecular flexibility index (Phi) is 2.72. The van der Waals surface area contributed by atoms with Crippen LogP contribution >= 0.6 is 0 Å². The Labute approximate surface area is 120 Å². The standard InChI is InChI=1S/C15H25N5/c1-9(16)14-17-18-19-20(14)10(2)15-6-11-3-12(7-15)5-13(4-11)8-15/h9-13H,3-8,16H2,1-2H3. The van der Waals surface area contributed by atoms with Gasteiger partial charge in [0, 0.05) is 0 Å². The van der Waals surface area contributed by atoms with Gasteiger partial charge < -0.3 is 5.73 Å². The molecule has 2 unspecified atom stereocenters. The van der Waals surface area contributed by atoms with Crippen molar-refractivity contribution < 1.29 is 0 Å². The Morgan fingerprint density at radius 3 is 2.15 bits per heavy atom. The van der Waals surface area contributed by atoms with Crippen LogP contribution in [0.1, 0.15) is 70.3 Å². The Hall–Kier alpha value is -0.970. The fourth-order valence-corrected chi connectivity index (χ4v) is 5.72. The van der Waals surface area contributed by atoms with Crippen LogP contribution in [0.4, 0.5) is 0 Å². The smallest absolute Gasteiger partial charge is 0.167 e. The zero-order chi connectivity index (χ0) is 13.9. The van der Waals surface area contributed by atoms with Gasteiger partial charge in [0.15, 0.2) is 5.82 Å². The molecule has 0 aromatic carbocycles. The van der Waals surface area contributed by atoms with Crippen LogP contribution in [-0.2, 0) is 0 Å². The van der Waals surface area contributed by atoms with Gasteiger partial charge in [0.25, 0.3) is 0 Å². The summed E-state index contributed by atoms with van der Waals surface area (Å²) < 4.78 is 2.03. The maximum atomic E-state index is 6.02. The predicted molar refractivity (Wildman–Crippen MR) is 75.7 cm³/mol. The fraction of sp³-hybridized carbons (Fsp3) is 0.933. The van der Waals surface area contributed by atoms with Gasteiger partial charge in [-0.3, -0.25) is 0 Å². The first-order valence-electron chi connectivity index (χ1n) is 8.11. The molecule has 1 heterocycles. The summed E-state index contributed by atoms with van der Waals surface area (Å²) in [6.07, 6.45) is 8.54. The van der Waals surface area contributed by atoms with E-state index in [-0.39, 0.29) is 6.04 Å². The molecule has 5 nitrogen and oxygen atoms in total. The Bertz CT molecular complexity index is 471. The normalized spacial score (nSPS) is 41.9. The topological polar surface area (TPSA) is 69.6 Å². The maximum Gasteiger partial charge on any atom is 0.167 e. The Morgan fingerprint density at radius 2 is 1.65 bits per heavy atom. The predicted octanol–water partition coefficient (Wildman–Crippen LogP) is 2.47. The molecule has 4 aliphatic rings. The molecular weight excluding hydrogens is 250 g/mol. The minimum absolute atomic E-state index is 0.0960. The van der Waals surface area contributed by atoms with Crippen LogP contribution in [0.3, 0.4) is 0 Å². The molecule has 5 rings (SSSR count). The van der Waals surface area contributed by atoms with Crippen molar-refractivity contribution in [2.24, 2.45) is 28.9 Å². The summed E-state index contributed by atoms with van der Waals surface area (Å²) >= 11 is 0. The number of rotatable bonds is 3. The van der Waals surface area contributed by atoms with Gasteiger partial charge in [-0.1, -0.05) is 0 Å². The highest BCUT2D eigenvalue weighted by atomic mass is 15.6. The highest BCUT2D eigenvalue weighted by molar-refractivity contribution is 5.05. The molecule has 1 aromatic heterocycles. The molecular formula is C15H25N5. The van der Waals surface area contributed by atoms with Crippen molar-refractivity contribution in [3.05, 3.63) is 5.82 Å². The number of aromatic nitrogens is 4. The molecule has 2 N–H and O–H groups in total. The van der Waals surface area contributed by atoms with Gasteiger partial charge in [-0.05, 0) is 86.0 Å². The quantitative estimate of drug-likeness (QED) is 0.920. The second-order valence-electron chi connectivity index (χ2n) is 7.73. The van der Waals surface area contributed by atoms with Gasteiger partial charge in [0.05, 0.1) is 12.1 Å².